The summed E-state index contributed by atoms with van der Waals surface area (Å²) >= 11 is 0. The first kappa shape index (κ1) is 14.8. The summed E-state index contributed by atoms with van der Waals surface area (Å²) in [6, 6.07) is 3.60. The topological polar surface area (TPSA) is 85.0 Å². The summed E-state index contributed by atoms with van der Waals surface area (Å²) in [6.07, 6.45) is 1.62. The van der Waals surface area contributed by atoms with Crippen LogP contribution >= 0.6 is 0 Å². The molecule has 2 aliphatic heterocycles. The number of likely N-dealkylation sites (tertiary alicyclic amines) is 1. The molecule has 2 aliphatic rings. The molecule has 1 unspecified atom stereocenters. The Kier molecular flexibility index (Phi) is 3.54. The third-order valence-corrected chi connectivity index (χ3v) is 4.25. The minimum atomic E-state index is -0.891. The number of fused-ring (bicyclic) bond motifs is 1. The Hall–Kier alpha value is -2.11. The first-order valence-electron chi connectivity index (χ1n) is 7.59. The van der Waals surface area contributed by atoms with Crippen molar-refractivity contribution in [3.05, 3.63) is 17.7 Å². The van der Waals surface area contributed by atoms with Gasteiger partial charge in [0.15, 0.2) is 0 Å². The molecule has 1 aromatic rings. The van der Waals surface area contributed by atoms with E-state index >= 15 is 0 Å². The number of ether oxygens (including phenoxy) is 2. The van der Waals surface area contributed by atoms with Crippen LogP contribution < -0.4 is 15.2 Å². The lowest BCUT2D eigenvalue weighted by Crippen LogP contribution is -2.38. The van der Waals surface area contributed by atoms with Gasteiger partial charge in [-0.2, -0.15) is 0 Å². The van der Waals surface area contributed by atoms with Crippen LogP contribution in [0, 0.1) is 0 Å². The van der Waals surface area contributed by atoms with Crippen LogP contribution in [0.5, 0.6) is 11.5 Å². The Morgan fingerprint density at radius 2 is 2.32 bits per heavy atom. The molecule has 2 heterocycles. The number of hydrogen-bond acceptors (Lipinski definition) is 4. The lowest BCUT2D eigenvalue weighted by molar-refractivity contribution is 0.122. The van der Waals surface area contributed by atoms with Crippen molar-refractivity contribution < 1.29 is 19.4 Å². The smallest absolute Gasteiger partial charge is 0.407 e. The number of anilines is 1. The van der Waals surface area contributed by atoms with Gasteiger partial charge in [0.25, 0.3) is 0 Å². The van der Waals surface area contributed by atoms with E-state index in [9.17, 15) is 4.79 Å². The number of amides is 1. The lowest BCUT2D eigenvalue weighted by Gasteiger charge is -2.22. The van der Waals surface area contributed by atoms with Gasteiger partial charge >= 0.3 is 6.09 Å². The van der Waals surface area contributed by atoms with E-state index in [-0.39, 0.29) is 11.6 Å². The summed E-state index contributed by atoms with van der Waals surface area (Å²) in [6.45, 7) is 4.96. The summed E-state index contributed by atoms with van der Waals surface area (Å²) in [5.74, 6) is 1.37. The first-order valence-corrected chi connectivity index (χ1v) is 7.59. The van der Waals surface area contributed by atoms with Crippen molar-refractivity contribution in [1.82, 2.24) is 4.90 Å². The summed E-state index contributed by atoms with van der Waals surface area (Å²) in [7, 11) is 0. The number of nitrogens with two attached hydrogens (primary N) is 1. The van der Waals surface area contributed by atoms with E-state index in [0.717, 1.165) is 30.6 Å². The van der Waals surface area contributed by atoms with Gasteiger partial charge in [0.1, 0.15) is 23.7 Å². The van der Waals surface area contributed by atoms with Crippen LogP contribution in [0.1, 0.15) is 32.3 Å². The van der Waals surface area contributed by atoms with E-state index in [1.165, 1.54) is 4.90 Å². The van der Waals surface area contributed by atoms with Crippen LogP contribution in [-0.4, -0.2) is 40.9 Å². The molecule has 3 N–H and O–H groups in total. The van der Waals surface area contributed by atoms with E-state index in [1.54, 1.807) is 0 Å². The van der Waals surface area contributed by atoms with Crippen LogP contribution in [-0.2, 0) is 6.42 Å². The normalized spacial score (nSPS) is 22.3. The number of nitrogens with zero attached hydrogens (tertiary/aromatic N) is 1. The Morgan fingerprint density at radius 1 is 1.55 bits per heavy atom. The first-order chi connectivity index (χ1) is 10.4. The highest BCUT2D eigenvalue weighted by molar-refractivity contribution is 5.66. The zero-order valence-corrected chi connectivity index (χ0v) is 13.0. The second-order valence-electron chi connectivity index (χ2n) is 6.62. The van der Waals surface area contributed by atoms with Gasteiger partial charge < -0.3 is 25.2 Å². The fraction of sp³-hybridized carbons (Fsp3) is 0.562. The molecule has 1 aromatic carbocycles. The maximum absolute atomic E-state index is 11.1. The lowest BCUT2D eigenvalue weighted by atomic mass is 10.0. The number of hydrogen-bond donors (Lipinski definition) is 2. The third kappa shape index (κ3) is 2.77. The summed E-state index contributed by atoms with van der Waals surface area (Å²) in [5, 5.41) is 9.15. The summed E-state index contributed by atoms with van der Waals surface area (Å²) in [5.41, 5.74) is 7.48. The quantitative estimate of drug-likeness (QED) is 0.838. The fourth-order valence-corrected chi connectivity index (χ4v) is 3.22. The Morgan fingerprint density at radius 3 is 3.05 bits per heavy atom. The second-order valence-corrected chi connectivity index (χ2v) is 6.62. The second kappa shape index (κ2) is 5.26. The molecule has 0 aliphatic carbocycles. The van der Waals surface area contributed by atoms with Crippen LogP contribution in [0.3, 0.4) is 0 Å². The van der Waals surface area contributed by atoms with E-state index in [4.69, 9.17) is 20.3 Å². The van der Waals surface area contributed by atoms with E-state index in [0.29, 0.717) is 24.6 Å². The standard InChI is InChI=1S/C16H22N2O4/c1-16(2)8-10-6-12(17)14(7-13(10)22-16)21-9-11-4-3-5-18(11)15(19)20/h6-7,11H,3-5,8-9,17H2,1-2H3,(H,19,20). The summed E-state index contributed by atoms with van der Waals surface area (Å²) < 4.78 is 11.7. The highest BCUT2D eigenvalue weighted by Gasteiger charge is 2.32. The molecular formula is C16H22N2O4. The number of benzene rings is 1. The third-order valence-electron chi connectivity index (χ3n) is 4.25. The molecule has 1 fully saturated rings. The van der Waals surface area contributed by atoms with Crippen LogP contribution in [0.4, 0.5) is 10.5 Å². The molecule has 0 bridgehead atoms. The number of rotatable bonds is 3. The van der Waals surface area contributed by atoms with Crippen molar-refractivity contribution in [2.24, 2.45) is 0 Å². The largest absolute Gasteiger partial charge is 0.489 e. The molecule has 0 radical (unpaired) electrons. The minimum absolute atomic E-state index is 0.109. The number of carboxylic acid groups (broad SMARTS) is 1. The summed E-state index contributed by atoms with van der Waals surface area (Å²) in [4.78, 5) is 12.6. The maximum Gasteiger partial charge on any atom is 0.407 e. The average molecular weight is 306 g/mol. The van der Waals surface area contributed by atoms with Gasteiger partial charge in [-0.05, 0) is 32.8 Å². The fourth-order valence-electron chi connectivity index (χ4n) is 3.22. The van der Waals surface area contributed by atoms with E-state index in [1.807, 2.05) is 26.0 Å². The maximum atomic E-state index is 11.1. The van der Waals surface area contributed by atoms with Gasteiger partial charge in [0.2, 0.25) is 0 Å². The zero-order chi connectivity index (χ0) is 15.9. The van der Waals surface area contributed by atoms with Crippen LogP contribution in [0.15, 0.2) is 12.1 Å². The molecule has 1 saturated heterocycles. The molecule has 0 saturated carbocycles. The van der Waals surface area contributed by atoms with Crippen molar-refractivity contribution in [3.8, 4) is 11.5 Å². The molecule has 1 atom stereocenters. The molecule has 0 spiro atoms. The molecule has 1 amide bonds. The highest BCUT2D eigenvalue weighted by atomic mass is 16.5. The molecule has 6 nitrogen and oxygen atoms in total. The van der Waals surface area contributed by atoms with Crippen molar-refractivity contribution >= 4 is 11.8 Å². The van der Waals surface area contributed by atoms with Crippen LogP contribution in [0.25, 0.3) is 0 Å². The van der Waals surface area contributed by atoms with Crippen LogP contribution in [0.2, 0.25) is 0 Å². The van der Waals surface area contributed by atoms with Gasteiger partial charge in [-0.25, -0.2) is 4.79 Å². The van der Waals surface area contributed by atoms with E-state index in [2.05, 4.69) is 0 Å². The Bertz CT molecular complexity index is 600. The SMILES string of the molecule is CC1(C)Cc2cc(N)c(OCC3CCCN3C(=O)O)cc2O1. The average Bonchev–Trinajstić information content (AvgIpc) is 2.98. The molecule has 6 heteroatoms. The number of nitrogen functional groups attached to an aromatic ring is 1. The van der Waals surface area contributed by atoms with Crippen molar-refractivity contribution in [2.45, 2.75) is 44.8 Å². The monoisotopic (exact) mass is 306 g/mol. The van der Waals surface area contributed by atoms with Crippen molar-refractivity contribution in [2.75, 3.05) is 18.9 Å². The predicted molar refractivity (Wildman–Crippen MR) is 82.5 cm³/mol. The minimum Gasteiger partial charge on any atom is -0.489 e. The molecule has 0 aromatic heterocycles. The predicted octanol–water partition coefficient (Wildman–Crippen LogP) is 2.50. The van der Waals surface area contributed by atoms with E-state index < -0.39 is 6.09 Å². The zero-order valence-electron chi connectivity index (χ0n) is 13.0. The van der Waals surface area contributed by atoms with Gasteiger partial charge in [-0.15, -0.1) is 0 Å². The Balaban J connectivity index is 1.70. The van der Waals surface area contributed by atoms with Gasteiger partial charge in [0, 0.05) is 24.6 Å². The molecule has 3 rings (SSSR count). The van der Waals surface area contributed by atoms with Crippen molar-refractivity contribution in [3.63, 3.8) is 0 Å². The van der Waals surface area contributed by atoms with Gasteiger partial charge in [-0.3, -0.25) is 0 Å². The van der Waals surface area contributed by atoms with Gasteiger partial charge in [-0.1, -0.05) is 0 Å². The number of carbonyl (C=O) groups is 1. The van der Waals surface area contributed by atoms with Crippen molar-refractivity contribution in [1.29, 1.82) is 0 Å². The van der Waals surface area contributed by atoms with Gasteiger partial charge in [0.05, 0.1) is 11.7 Å². The molecule has 22 heavy (non-hydrogen) atoms. The molecule has 120 valence electrons. The Labute approximate surface area is 129 Å². The highest BCUT2D eigenvalue weighted by Crippen LogP contribution is 2.40. The molecular weight excluding hydrogens is 284 g/mol.